The van der Waals surface area contributed by atoms with Crippen LogP contribution in [0, 0.1) is 19.3 Å². The van der Waals surface area contributed by atoms with Crippen LogP contribution < -0.4 is 11.1 Å². The molecular formula is C15H17N5O. The molecule has 0 unspecified atom stereocenters. The summed E-state index contributed by atoms with van der Waals surface area (Å²) in [6.07, 6.45) is 3.53. The van der Waals surface area contributed by atoms with Crippen molar-refractivity contribution in [3.63, 3.8) is 0 Å². The van der Waals surface area contributed by atoms with Crippen molar-refractivity contribution in [2.75, 3.05) is 0 Å². The van der Waals surface area contributed by atoms with E-state index in [-0.39, 0.29) is 18.3 Å². The third kappa shape index (κ3) is 3.42. The predicted molar refractivity (Wildman–Crippen MR) is 80.7 cm³/mol. The fraction of sp³-hybridized carbons (Fsp3) is 0.200. The highest BCUT2D eigenvalue weighted by Gasteiger charge is 2.14. The van der Waals surface area contributed by atoms with Crippen LogP contribution in [0.15, 0.2) is 30.6 Å². The van der Waals surface area contributed by atoms with Gasteiger partial charge in [0.15, 0.2) is 11.8 Å². The first kappa shape index (κ1) is 14.6. The number of guanidine groups is 1. The predicted octanol–water partition coefficient (Wildman–Crippen LogP) is 1.31. The topological polar surface area (TPSA) is 105 Å². The smallest absolute Gasteiger partial charge is 0.231 e. The Morgan fingerprint density at radius 3 is 2.57 bits per heavy atom. The van der Waals surface area contributed by atoms with Crippen LogP contribution in [0.25, 0.3) is 11.4 Å². The Balaban J connectivity index is 2.38. The van der Waals surface area contributed by atoms with Gasteiger partial charge in [0.25, 0.3) is 0 Å². The first-order chi connectivity index (χ1) is 9.99. The number of hydrogen-bond acceptors (Lipinski definition) is 4. The molecule has 0 saturated heterocycles. The van der Waals surface area contributed by atoms with Crippen molar-refractivity contribution >= 4 is 11.9 Å². The van der Waals surface area contributed by atoms with Gasteiger partial charge in [0.05, 0.1) is 6.42 Å². The molecule has 0 atom stereocenters. The Morgan fingerprint density at radius 2 is 1.95 bits per heavy atom. The highest BCUT2D eigenvalue weighted by atomic mass is 16.1. The lowest BCUT2D eigenvalue weighted by molar-refractivity contribution is -0.119. The van der Waals surface area contributed by atoms with E-state index in [4.69, 9.17) is 11.1 Å². The summed E-state index contributed by atoms with van der Waals surface area (Å²) in [5.74, 6) is -0.0269. The van der Waals surface area contributed by atoms with Gasteiger partial charge in [-0.05, 0) is 36.6 Å². The minimum absolute atomic E-state index is 0.165. The van der Waals surface area contributed by atoms with Gasteiger partial charge in [0.2, 0.25) is 5.91 Å². The molecule has 108 valence electrons. The third-order valence-corrected chi connectivity index (χ3v) is 3.25. The Labute approximate surface area is 122 Å². The number of carbonyl (C=O) groups excluding carboxylic acids is 1. The lowest BCUT2D eigenvalue weighted by Gasteiger charge is -2.13. The van der Waals surface area contributed by atoms with Gasteiger partial charge in [-0.15, -0.1) is 0 Å². The summed E-state index contributed by atoms with van der Waals surface area (Å²) in [5.41, 5.74) is 8.94. The number of hydrogen-bond donors (Lipinski definition) is 3. The van der Waals surface area contributed by atoms with Crippen molar-refractivity contribution in [1.82, 2.24) is 15.3 Å². The molecule has 0 radical (unpaired) electrons. The summed E-state index contributed by atoms with van der Waals surface area (Å²) in [6.45, 7) is 3.88. The first-order valence-corrected chi connectivity index (χ1v) is 6.49. The van der Waals surface area contributed by atoms with E-state index in [0.717, 1.165) is 22.3 Å². The number of carbonyl (C=O) groups is 1. The molecule has 0 bridgehead atoms. The van der Waals surface area contributed by atoms with E-state index >= 15 is 0 Å². The maximum absolute atomic E-state index is 11.8. The number of aromatic nitrogens is 2. The molecule has 0 spiro atoms. The van der Waals surface area contributed by atoms with Gasteiger partial charge >= 0.3 is 0 Å². The number of nitrogens with zero attached hydrogens (tertiary/aromatic N) is 2. The standard InChI is InChI=1S/C15H17N5O/c1-9-4-5-11(14-18-6-3-7-19-14)10(2)12(9)8-13(21)20-15(16)17/h3-7H,8H2,1-2H3,(H4,16,17,20,21). The molecule has 1 aromatic heterocycles. The Morgan fingerprint density at radius 1 is 1.29 bits per heavy atom. The average molecular weight is 283 g/mol. The van der Waals surface area contributed by atoms with E-state index in [0.29, 0.717) is 5.82 Å². The molecule has 0 fully saturated rings. The zero-order valence-corrected chi connectivity index (χ0v) is 12.0. The van der Waals surface area contributed by atoms with E-state index in [1.165, 1.54) is 0 Å². The molecule has 0 aliphatic heterocycles. The van der Waals surface area contributed by atoms with Gasteiger partial charge in [-0.3, -0.25) is 15.5 Å². The fourth-order valence-corrected chi connectivity index (χ4v) is 2.20. The SMILES string of the molecule is Cc1ccc(-c2ncccn2)c(C)c1CC(=O)NC(=N)N. The van der Waals surface area contributed by atoms with Gasteiger partial charge in [-0.25, -0.2) is 9.97 Å². The molecule has 6 heteroatoms. The number of aryl methyl sites for hydroxylation is 1. The Bertz CT molecular complexity index is 682. The van der Waals surface area contributed by atoms with E-state index in [2.05, 4.69) is 15.3 Å². The van der Waals surface area contributed by atoms with Crippen LogP contribution in [-0.4, -0.2) is 21.8 Å². The summed E-state index contributed by atoms with van der Waals surface area (Å²) in [7, 11) is 0. The monoisotopic (exact) mass is 283 g/mol. The second kappa shape index (κ2) is 6.13. The number of amides is 1. The van der Waals surface area contributed by atoms with Crippen molar-refractivity contribution in [3.05, 3.63) is 47.3 Å². The van der Waals surface area contributed by atoms with Gasteiger partial charge in [-0.2, -0.15) is 0 Å². The average Bonchev–Trinajstić information content (AvgIpc) is 2.43. The van der Waals surface area contributed by atoms with Gasteiger partial charge in [0, 0.05) is 18.0 Å². The normalized spacial score (nSPS) is 10.2. The third-order valence-electron chi connectivity index (χ3n) is 3.25. The molecule has 0 aliphatic rings. The first-order valence-electron chi connectivity index (χ1n) is 6.49. The summed E-state index contributed by atoms with van der Waals surface area (Å²) < 4.78 is 0. The molecule has 1 heterocycles. The minimum Gasteiger partial charge on any atom is -0.370 e. The van der Waals surface area contributed by atoms with Gasteiger partial charge < -0.3 is 5.73 Å². The molecule has 1 aromatic carbocycles. The second-order valence-corrected chi connectivity index (χ2v) is 4.74. The largest absolute Gasteiger partial charge is 0.370 e. The lowest BCUT2D eigenvalue weighted by Crippen LogP contribution is -2.36. The molecule has 2 rings (SSSR count). The van der Waals surface area contributed by atoms with Crippen molar-refractivity contribution in [1.29, 1.82) is 5.41 Å². The van der Waals surface area contributed by atoms with Crippen LogP contribution in [-0.2, 0) is 11.2 Å². The summed E-state index contributed by atoms with van der Waals surface area (Å²) in [5, 5.41) is 9.40. The number of nitrogens with one attached hydrogen (secondary N) is 2. The lowest BCUT2D eigenvalue weighted by atomic mass is 9.94. The van der Waals surface area contributed by atoms with Crippen LogP contribution in [0.2, 0.25) is 0 Å². The van der Waals surface area contributed by atoms with Crippen molar-refractivity contribution < 1.29 is 4.79 Å². The van der Waals surface area contributed by atoms with Crippen LogP contribution in [0.4, 0.5) is 0 Å². The zero-order chi connectivity index (χ0) is 15.4. The maximum atomic E-state index is 11.8. The van der Waals surface area contributed by atoms with Gasteiger partial charge in [0.1, 0.15) is 0 Å². The number of benzene rings is 1. The molecule has 0 aliphatic carbocycles. The van der Waals surface area contributed by atoms with E-state index in [1.54, 1.807) is 18.5 Å². The molecule has 21 heavy (non-hydrogen) atoms. The zero-order valence-electron chi connectivity index (χ0n) is 12.0. The molecule has 1 amide bonds. The van der Waals surface area contributed by atoms with Crippen LogP contribution >= 0.6 is 0 Å². The van der Waals surface area contributed by atoms with Crippen LogP contribution in [0.5, 0.6) is 0 Å². The maximum Gasteiger partial charge on any atom is 0.231 e. The molecular weight excluding hydrogens is 266 g/mol. The van der Waals surface area contributed by atoms with Crippen LogP contribution in [0.3, 0.4) is 0 Å². The fourth-order valence-electron chi connectivity index (χ4n) is 2.20. The van der Waals surface area contributed by atoms with E-state index in [1.807, 2.05) is 26.0 Å². The number of nitrogens with two attached hydrogens (primary N) is 1. The second-order valence-electron chi connectivity index (χ2n) is 4.74. The van der Waals surface area contributed by atoms with E-state index < -0.39 is 0 Å². The Kier molecular flexibility index (Phi) is 4.27. The summed E-state index contributed by atoms with van der Waals surface area (Å²) >= 11 is 0. The summed E-state index contributed by atoms with van der Waals surface area (Å²) in [6, 6.07) is 5.65. The highest BCUT2D eigenvalue weighted by molar-refractivity contribution is 5.95. The Hall–Kier alpha value is -2.76. The van der Waals surface area contributed by atoms with Gasteiger partial charge in [-0.1, -0.05) is 12.1 Å². The number of rotatable bonds is 3. The van der Waals surface area contributed by atoms with Crippen molar-refractivity contribution in [2.45, 2.75) is 20.3 Å². The van der Waals surface area contributed by atoms with E-state index in [9.17, 15) is 4.79 Å². The quantitative estimate of drug-likeness (QED) is 0.583. The minimum atomic E-state index is -0.349. The molecule has 4 N–H and O–H groups in total. The molecule has 0 saturated carbocycles. The van der Waals surface area contributed by atoms with Crippen LogP contribution in [0.1, 0.15) is 16.7 Å². The molecule has 2 aromatic rings. The highest BCUT2D eigenvalue weighted by Crippen LogP contribution is 2.25. The van der Waals surface area contributed by atoms with Crippen molar-refractivity contribution in [2.24, 2.45) is 5.73 Å². The summed E-state index contributed by atoms with van der Waals surface area (Å²) in [4.78, 5) is 20.3. The van der Waals surface area contributed by atoms with Crippen molar-refractivity contribution in [3.8, 4) is 11.4 Å². The molecule has 6 nitrogen and oxygen atoms in total.